The fraction of sp³-hybridized carbons (Fsp3) is 0.917. The first-order valence-corrected chi connectivity index (χ1v) is 8.95. The molecule has 2 rings (SSSR count). The lowest BCUT2D eigenvalue weighted by molar-refractivity contribution is -0.158. The molecule has 9 heteroatoms. The first-order valence-electron chi connectivity index (χ1n) is 6.89. The van der Waals surface area contributed by atoms with E-state index in [-0.39, 0.29) is 18.3 Å². The van der Waals surface area contributed by atoms with Gasteiger partial charge in [-0.15, -0.1) is 0 Å². The minimum absolute atomic E-state index is 0.0649. The van der Waals surface area contributed by atoms with Crippen molar-refractivity contribution in [1.29, 1.82) is 0 Å². The normalized spacial score (nSPS) is 21.0. The Morgan fingerprint density at radius 3 is 2.24 bits per heavy atom. The first-order chi connectivity index (χ1) is 9.58. The van der Waals surface area contributed by atoms with E-state index in [2.05, 4.69) is 0 Å². The smallest absolute Gasteiger partial charge is 0.326 e. The molecule has 2 fully saturated rings. The average molecular weight is 328 g/mol. The highest BCUT2D eigenvalue weighted by Gasteiger charge is 2.50. The monoisotopic (exact) mass is 328 g/mol. The molecule has 0 unspecified atom stereocenters. The van der Waals surface area contributed by atoms with Crippen LogP contribution in [0, 0.1) is 5.92 Å². The van der Waals surface area contributed by atoms with Gasteiger partial charge in [0.25, 0.3) is 0 Å². The topological polar surface area (TPSA) is 66.5 Å². The van der Waals surface area contributed by atoms with Gasteiger partial charge in [-0.3, -0.25) is 0 Å². The van der Waals surface area contributed by atoms with Gasteiger partial charge in [0.1, 0.15) is 15.9 Å². The van der Waals surface area contributed by atoms with Crippen molar-refractivity contribution in [3.05, 3.63) is 0 Å². The molecule has 5 nitrogen and oxygen atoms in total. The number of nitrogens with one attached hydrogen (secondary N) is 1. The second kappa shape index (κ2) is 5.66. The summed E-state index contributed by atoms with van der Waals surface area (Å²) in [5.41, 5.74) is 0. The van der Waals surface area contributed by atoms with Crippen molar-refractivity contribution >= 4 is 15.9 Å². The molecule has 2 aliphatic carbocycles. The maximum absolute atomic E-state index is 12.9. The lowest BCUT2D eigenvalue weighted by atomic mass is 10.2. The van der Waals surface area contributed by atoms with Crippen LogP contribution in [0.25, 0.3) is 0 Å². The SMILES string of the molecule is CS(=O)(=O)CCN(C(=O)N[C@@H](C1CC1)C(F)(F)F)C1CC1. The van der Waals surface area contributed by atoms with Gasteiger partial charge in [0.05, 0.1) is 5.75 Å². The van der Waals surface area contributed by atoms with Gasteiger partial charge in [0.2, 0.25) is 0 Å². The number of urea groups is 1. The van der Waals surface area contributed by atoms with Crippen LogP contribution < -0.4 is 5.32 Å². The average Bonchev–Trinajstić information content (AvgIpc) is 3.15. The molecule has 2 amide bonds. The molecule has 0 aliphatic heterocycles. The van der Waals surface area contributed by atoms with Crippen LogP contribution in [-0.4, -0.2) is 56.2 Å². The Balaban J connectivity index is 1.97. The summed E-state index contributed by atoms with van der Waals surface area (Å²) < 4.78 is 61.0. The summed E-state index contributed by atoms with van der Waals surface area (Å²) >= 11 is 0. The lowest BCUT2D eigenvalue weighted by Crippen LogP contribution is -2.53. The predicted molar refractivity (Wildman–Crippen MR) is 70.5 cm³/mol. The van der Waals surface area contributed by atoms with Gasteiger partial charge in [-0.25, -0.2) is 13.2 Å². The van der Waals surface area contributed by atoms with Crippen LogP contribution in [0.1, 0.15) is 25.7 Å². The summed E-state index contributed by atoms with van der Waals surface area (Å²) in [6.45, 7) is -0.0649. The van der Waals surface area contributed by atoms with E-state index in [0.717, 1.165) is 6.26 Å². The van der Waals surface area contributed by atoms with Crippen molar-refractivity contribution in [3.63, 3.8) is 0 Å². The molecule has 0 heterocycles. The summed E-state index contributed by atoms with van der Waals surface area (Å²) in [6.07, 6.45) is -1.11. The van der Waals surface area contributed by atoms with Crippen LogP contribution in [-0.2, 0) is 9.84 Å². The van der Waals surface area contributed by atoms with E-state index in [4.69, 9.17) is 0 Å². The molecule has 0 bridgehead atoms. The number of amides is 2. The van der Waals surface area contributed by atoms with E-state index in [1.54, 1.807) is 0 Å². The number of halogens is 3. The molecule has 0 aromatic carbocycles. The van der Waals surface area contributed by atoms with E-state index < -0.39 is 34.0 Å². The van der Waals surface area contributed by atoms with Crippen molar-refractivity contribution < 1.29 is 26.4 Å². The molecule has 2 saturated carbocycles. The third-order valence-corrected chi connectivity index (χ3v) is 4.60. The number of alkyl halides is 3. The molecule has 122 valence electrons. The molecule has 1 atom stereocenters. The van der Waals surface area contributed by atoms with Crippen molar-refractivity contribution in [3.8, 4) is 0 Å². The van der Waals surface area contributed by atoms with Crippen LogP contribution >= 0.6 is 0 Å². The number of nitrogens with zero attached hydrogens (tertiary/aromatic N) is 1. The Morgan fingerprint density at radius 2 is 1.86 bits per heavy atom. The first kappa shape index (κ1) is 16.4. The Labute approximate surface area is 121 Å². The van der Waals surface area contributed by atoms with Crippen LogP contribution in [0.5, 0.6) is 0 Å². The van der Waals surface area contributed by atoms with Crippen molar-refractivity contribution in [1.82, 2.24) is 10.2 Å². The molecule has 1 N–H and O–H groups in total. The number of rotatable bonds is 6. The molecule has 21 heavy (non-hydrogen) atoms. The minimum atomic E-state index is -4.47. The van der Waals surface area contributed by atoms with Gasteiger partial charge in [-0.05, 0) is 31.6 Å². The summed E-state index contributed by atoms with van der Waals surface area (Å²) in [4.78, 5) is 13.3. The number of sulfone groups is 1. The Hall–Kier alpha value is -0.990. The second-order valence-corrected chi connectivity index (χ2v) is 8.12. The number of hydrogen-bond acceptors (Lipinski definition) is 3. The fourth-order valence-electron chi connectivity index (χ4n) is 2.21. The van der Waals surface area contributed by atoms with Gasteiger partial charge < -0.3 is 10.2 Å². The van der Waals surface area contributed by atoms with Crippen LogP contribution in [0.15, 0.2) is 0 Å². The number of carbonyl (C=O) groups excluding carboxylic acids is 1. The lowest BCUT2D eigenvalue weighted by Gasteiger charge is -2.27. The molecular weight excluding hydrogens is 309 g/mol. The molecule has 0 spiro atoms. The number of carbonyl (C=O) groups is 1. The standard InChI is InChI=1S/C12H19F3N2O3S/c1-21(19,20)7-6-17(9-4-5-9)11(18)16-10(8-2-3-8)12(13,14)15/h8-10H,2-7H2,1H3,(H,16,18)/t10-/m0/s1. The number of hydrogen-bond donors (Lipinski definition) is 1. The second-order valence-electron chi connectivity index (χ2n) is 5.86. The largest absolute Gasteiger partial charge is 0.408 e. The van der Waals surface area contributed by atoms with Crippen LogP contribution in [0.3, 0.4) is 0 Å². The van der Waals surface area contributed by atoms with Gasteiger partial charge in [0, 0.05) is 18.8 Å². The van der Waals surface area contributed by atoms with Crippen LogP contribution in [0.2, 0.25) is 0 Å². The van der Waals surface area contributed by atoms with E-state index in [1.165, 1.54) is 4.90 Å². The van der Waals surface area contributed by atoms with E-state index >= 15 is 0 Å². The Morgan fingerprint density at radius 1 is 1.29 bits per heavy atom. The minimum Gasteiger partial charge on any atom is -0.326 e. The predicted octanol–water partition coefficient (Wildman–Crippen LogP) is 1.55. The zero-order chi connectivity index (χ0) is 15.8. The molecule has 0 saturated heterocycles. The molecule has 0 aromatic rings. The van der Waals surface area contributed by atoms with Gasteiger partial charge in [0.15, 0.2) is 0 Å². The Bertz CT molecular complexity index is 498. The zero-order valence-electron chi connectivity index (χ0n) is 11.7. The van der Waals surface area contributed by atoms with Gasteiger partial charge in [-0.2, -0.15) is 13.2 Å². The van der Waals surface area contributed by atoms with Gasteiger partial charge >= 0.3 is 12.2 Å². The van der Waals surface area contributed by atoms with Crippen molar-refractivity contribution in [2.45, 2.75) is 43.9 Å². The maximum atomic E-state index is 12.9. The summed E-state index contributed by atoms with van der Waals surface area (Å²) in [5, 5.41) is 2.04. The van der Waals surface area contributed by atoms with Gasteiger partial charge in [-0.1, -0.05) is 0 Å². The maximum Gasteiger partial charge on any atom is 0.408 e. The van der Waals surface area contributed by atoms with Crippen molar-refractivity contribution in [2.75, 3.05) is 18.6 Å². The molecule has 0 aromatic heterocycles. The van der Waals surface area contributed by atoms with E-state index in [9.17, 15) is 26.4 Å². The summed E-state index contributed by atoms with van der Waals surface area (Å²) in [6, 6.07) is -2.78. The quantitative estimate of drug-likeness (QED) is 0.804. The third kappa shape index (κ3) is 5.05. The molecule has 0 radical (unpaired) electrons. The molecule has 2 aliphatic rings. The Kier molecular flexibility index (Phi) is 4.41. The highest BCUT2D eigenvalue weighted by molar-refractivity contribution is 7.90. The molecular formula is C12H19F3N2O3S. The highest BCUT2D eigenvalue weighted by atomic mass is 32.2. The van der Waals surface area contributed by atoms with Crippen molar-refractivity contribution in [2.24, 2.45) is 5.92 Å². The zero-order valence-corrected chi connectivity index (χ0v) is 12.5. The van der Waals surface area contributed by atoms with Crippen LogP contribution in [0.4, 0.5) is 18.0 Å². The summed E-state index contributed by atoms with van der Waals surface area (Å²) in [7, 11) is -3.26. The van der Waals surface area contributed by atoms with E-state index in [1.807, 2.05) is 5.32 Å². The third-order valence-electron chi connectivity index (χ3n) is 3.68. The summed E-state index contributed by atoms with van der Waals surface area (Å²) in [5.74, 6) is -0.790. The highest BCUT2D eigenvalue weighted by Crippen LogP contribution is 2.40. The fourth-order valence-corrected chi connectivity index (χ4v) is 2.74. The van der Waals surface area contributed by atoms with E-state index in [0.29, 0.717) is 25.7 Å².